The van der Waals surface area contributed by atoms with Crippen LogP contribution in [0.4, 0.5) is 0 Å². The van der Waals surface area contributed by atoms with Crippen LogP contribution in [0.2, 0.25) is 5.02 Å². The molecule has 104 valence electrons. The molecule has 1 unspecified atom stereocenters. The third-order valence-corrected chi connectivity index (χ3v) is 3.90. The van der Waals surface area contributed by atoms with Crippen LogP contribution >= 0.6 is 11.6 Å². The average Bonchev–Trinajstić information content (AvgIpc) is 2.76. The Morgan fingerprint density at radius 1 is 1.47 bits per heavy atom. The summed E-state index contributed by atoms with van der Waals surface area (Å²) in [5.41, 5.74) is -0.544. The Labute approximate surface area is 117 Å². The van der Waals surface area contributed by atoms with Crippen LogP contribution in [-0.4, -0.2) is 39.7 Å². The number of phenols is 1. The smallest absolute Gasteiger partial charge is 0.257 e. The zero-order valence-electron chi connectivity index (χ0n) is 11.1. The lowest BCUT2D eigenvalue weighted by Crippen LogP contribution is -2.35. The Bertz CT molecular complexity index is 496. The fourth-order valence-electron chi connectivity index (χ4n) is 2.38. The molecule has 1 aliphatic rings. The van der Waals surface area contributed by atoms with Crippen molar-refractivity contribution in [2.75, 3.05) is 13.1 Å². The first-order chi connectivity index (χ1) is 8.79. The number of hydrogen-bond acceptors (Lipinski definition) is 3. The van der Waals surface area contributed by atoms with Crippen LogP contribution in [0.3, 0.4) is 0 Å². The molecule has 2 rings (SSSR count). The fourth-order valence-corrected chi connectivity index (χ4v) is 2.54. The molecule has 1 saturated heterocycles. The molecule has 0 spiro atoms. The van der Waals surface area contributed by atoms with Gasteiger partial charge in [0.2, 0.25) is 0 Å². The van der Waals surface area contributed by atoms with E-state index in [0.717, 1.165) is 6.42 Å². The van der Waals surface area contributed by atoms with E-state index >= 15 is 0 Å². The first-order valence-corrected chi connectivity index (χ1v) is 6.67. The SMILES string of the molecule is CC(C)(O)C1CCN(C(=O)c2ccc(Cl)cc2O)C1. The molecule has 1 aliphatic heterocycles. The number of amides is 1. The second-order valence-electron chi connectivity index (χ2n) is 5.55. The van der Waals surface area contributed by atoms with Crippen molar-refractivity contribution in [3.63, 3.8) is 0 Å². The highest BCUT2D eigenvalue weighted by Crippen LogP contribution is 2.30. The second kappa shape index (κ2) is 5.02. The summed E-state index contributed by atoms with van der Waals surface area (Å²) in [6, 6.07) is 4.47. The van der Waals surface area contributed by atoms with Gasteiger partial charge in [-0.1, -0.05) is 11.6 Å². The summed E-state index contributed by atoms with van der Waals surface area (Å²) in [5, 5.41) is 20.1. The molecule has 4 nitrogen and oxygen atoms in total. The summed E-state index contributed by atoms with van der Waals surface area (Å²) in [4.78, 5) is 14.0. The number of carbonyl (C=O) groups is 1. The molecule has 2 N–H and O–H groups in total. The van der Waals surface area contributed by atoms with Gasteiger partial charge in [0.25, 0.3) is 5.91 Å². The third kappa shape index (κ3) is 3.01. The van der Waals surface area contributed by atoms with E-state index in [9.17, 15) is 15.0 Å². The largest absolute Gasteiger partial charge is 0.507 e. The highest BCUT2D eigenvalue weighted by atomic mass is 35.5. The van der Waals surface area contributed by atoms with Crippen molar-refractivity contribution in [2.24, 2.45) is 5.92 Å². The van der Waals surface area contributed by atoms with Crippen LogP contribution < -0.4 is 0 Å². The van der Waals surface area contributed by atoms with E-state index in [0.29, 0.717) is 18.1 Å². The maximum Gasteiger partial charge on any atom is 0.257 e. The third-order valence-electron chi connectivity index (χ3n) is 3.66. The van der Waals surface area contributed by atoms with Gasteiger partial charge in [-0.3, -0.25) is 4.79 Å². The quantitative estimate of drug-likeness (QED) is 0.875. The molecule has 1 heterocycles. The van der Waals surface area contributed by atoms with Gasteiger partial charge in [-0.2, -0.15) is 0 Å². The average molecular weight is 284 g/mol. The van der Waals surface area contributed by atoms with Crippen molar-refractivity contribution in [1.29, 1.82) is 0 Å². The predicted octanol–water partition coefficient (Wildman–Crippen LogP) is 2.28. The van der Waals surface area contributed by atoms with Crippen molar-refractivity contribution in [3.05, 3.63) is 28.8 Å². The Morgan fingerprint density at radius 2 is 2.16 bits per heavy atom. The Hall–Kier alpha value is -1.26. The lowest BCUT2D eigenvalue weighted by atomic mass is 9.90. The molecule has 0 aromatic heterocycles. The van der Waals surface area contributed by atoms with E-state index in [1.54, 1.807) is 24.8 Å². The molecule has 1 aromatic carbocycles. The number of hydrogen-bond donors (Lipinski definition) is 2. The summed E-state index contributed by atoms with van der Waals surface area (Å²) in [7, 11) is 0. The maximum absolute atomic E-state index is 12.3. The lowest BCUT2D eigenvalue weighted by molar-refractivity contribution is 0.0211. The molecule has 1 atom stereocenters. The summed E-state index contributed by atoms with van der Waals surface area (Å²) in [6.45, 7) is 4.61. The van der Waals surface area contributed by atoms with Gasteiger partial charge in [0.05, 0.1) is 11.2 Å². The topological polar surface area (TPSA) is 60.8 Å². The number of aromatic hydroxyl groups is 1. The van der Waals surface area contributed by atoms with Crippen molar-refractivity contribution < 1.29 is 15.0 Å². The van der Waals surface area contributed by atoms with Gasteiger partial charge < -0.3 is 15.1 Å². The first-order valence-electron chi connectivity index (χ1n) is 6.29. The highest BCUT2D eigenvalue weighted by molar-refractivity contribution is 6.30. The Balaban J connectivity index is 2.14. The molecular weight excluding hydrogens is 266 g/mol. The second-order valence-corrected chi connectivity index (χ2v) is 5.99. The molecule has 0 aliphatic carbocycles. The van der Waals surface area contributed by atoms with Gasteiger partial charge in [-0.15, -0.1) is 0 Å². The van der Waals surface area contributed by atoms with Crippen LogP contribution in [0.15, 0.2) is 18.2 Å². The van der Waals surface area contributed by atoms with E-state index in [4.69, 9.17) is 11.6 Å². The number of rotatable bonds is 2. The zero-order chi connectivity index (χ0) is 14.2. The monoisotopic (exact) mass is 283 g/mol. The van der Waals surface area contributed by atoms with Crippen molar-refractivity contribution in [2.45, 2.75) is 25.9 Å². The molecule has 0 radical (unpaired) electrons. The molecule has 19 heavy (non-hydrogen) atoms. The number of benzene rings is 1. The number of carbonyl (C=O) groups excluding carboxylic acids is 1. The van der Waals surface area contributed by atoms with E-state index in [1.165, 1.54) is 12.1 Å². The van der Waals surface area contributed by atoms with Crippen molar-refractivity contribution in [1.82, 2.24) is 4.90 Å². The Morgan fingerprint density at radius 3 is 2.68 bits per heavy atom. The first kappa shape index (κ1) is 14.2. The maximum atomic E-state index is 12.3. The minimum Gasteiger partial charge on any atom is -0.507 e. The normalized spacial score (nSPS) is 19.8. The molecule has 0 saturated carbocycles. The minimum absolute atomic E-state index is 0.0610. The van der Waals surface area contributed by atoms with E-state index in [2.05, 4.69) is 0 Å². The molecule has 1 amide bonds. The van der Waals surface area contributed by atoms with Crippen LogP contribution in [0, 0.1) is 5.92 Å². The van der Waals surface area contributed by atoms with Crippen molar-refractivity contribution in [3.8, 4) is 5.75 Å². The molecule has 1 fully saturated rings. The number of phenolic OH excluding ortho intramolecular Hbond substituents is 1. The standard InChI is InChI=1S/C14H18ClNO3/c1-14(2,19)9-5-6-16(8-9)13(18)11-4-3-10(15)7-12(11)17/h3-4,7,9,17,19H,5-6,8H2,1-2H3. The summed E-state index contributed by atoms with van der Waals surface area (Å²) < 4.78 is 0. The predicted molar refractivity (Wildman–Crippen MR) is 73.4 cm³/mol. The summed E-state index contributed by atoms with van der Waals surface area (Å²) in [6.07, 6.45) is 0.767. The minimum atomic E-state index is -0.795. The van der Waals surface area contributed by atoms with Crippen LogP contribution in [0.5, 0.6) is 5.75 Å². The summed E-state index contributed by atoms with van der Waals surface area (Å²) in [5.74, 6) is -0.268. The molecule has 0 bridgehead atoms. The van der Waals surface area contributed by atoms with E-state index in [-0.39, 0.29) is 23.1 Å². The van der Waals surface area contributed by atoms with Crippen molar-refractivity contribution >= 4 is 17.5 Å². The molecule has 1 aromatic rings. The van der Waals surface area contributed by atoms with Gasteiger partial charge in [0, 0.05) is 24.0 Å². The fraction of sp³-hybridized carbons (Fsp3) is 0.500. The van der Waals surface area contributed by atoms with Gasteiger partial charge in [-0.05, 0) is 38.5 Å². The van der Waals surface area contributed by atoms with E-state index in [1.807, 2.05) is 0 Å². The lowest BCUT2D eigenvalue weighted by Gasteiger charge is -2.25. The molecular formula is C14H18ClNO3. The summed E-state index contributed by atoms with van der Waals surface area (Å²) >= 11 is 5.75. The van der Waals surface area contributed by atoms with E-state index < -0.39 is 5.60 Å². The number of halogens is 1. The number of likely N-dealkylation sites (tertiary alicyclic amines) is 1. The molecule has 5 heteroatoms. The van der Waals surface area contributed by atoms with Gasteiger partial charge in [0.15, 0.2) is 0 Å². The van der Waals surface area contributed by atoms with Gasteiger partial charge in [0.1, 0.15) is 5.75 Å². The van der Waals surface area contributed by atoms with Gasteiger partial charge >= 0.3 is 0 Å². The van der Waals surface area contributed by atoms with Crippen LogP contribution in [0.1, 0.15) is 30.6 Å². The zero-order valence-corrected chi connectivity index (χ0v) is 11.8. The van der Waals surface area contributed by atoms with Crippen LogP contribution in [-0.2, 0) is 0 Å². The number of nitrogens with zero attached hydrogens (tertiary/aromatic N) is 1. The number of aliphatic hydroxyl groups is 1. The highest BCUT2D eigenvalue weighted by Gasteiger charge is 2.36. The van der Waals surface area contributed by atoms with Gasteiger partial charge in [-0.25, -0.2) is 0 Å². The van der Waals surface area contributed by atoms with Crippen LogP contribution in [0.25, 0.3) is 0 Å². The Kier molecular flexibility index (Phi) is 3.74.